The lowest BCUT2D eigenvalue weighted by Crippen LogP contribution is -2.11. The second kappa shape index (κ2) is 5.25. The molecule has 88 valence electrons. The van der Waals surface area contributed by atoms with E-state index in [4.69, 9.17) is 19.9 Å². The Morgan fingerprint density at radius 1 is 1.25 bits per heavy atom. The molecule has 0 amide bonds. The summed E-state index contributed by atoms with van der Waals surface area (Å²) < 4.78 is 15.0. The Balaban J connectivity index is 3.26. The van der Waals surface area contributed by atoms with Crippen LogP contribution in [-0.4, -0.2) is 26.8 Å². The van der Waals surface area contributed by atoms with Gasteiger partial charge in [0.1, 0.15) is 17.1 Å². The van der Waals surface area contributed by atoms with Crippen molar-refractivity contribution >= 4 is 11.7 Å². The molecule has 0 unspecified atom stereocenters. The highest BCUT2D eigenvalue weighted by atomic mass is 16.5. The van der Waals surface area contributed by atoms with Crippen molar-refractivity contribution in [3.63, 3.8) is 0 Å². The van der Waals surface area contributed by atoms with Crippen LogP contribution >= 0.6 is 0 Å². The molecule has 0 aliphatic carbocycles. The van der Waals surface area contributed by atoms with E-state index in [0.29, 0.717) is 11.5 Å². The average Bonchev–Trinajstić information content (AvgIpc) is 2.28. The van der Waals surface area contributed by atoms with Gasteiger partial charge in [0.2, 0.25) is 0 Å². The molecule has 0 atom stereocenters. The van der Waals surface area contributed by atoms with Crippen molar-refractivity contribution in [3.8, 4) is 11.5 Å². The van der Waals surface area contributed by atoms with Gasteiger partial charge in [0.25, 0.3) is 0 Å². The number of nitrogen functional groups attached to an aromatic ring is 1. The number of anilines is 1. The third kappa shape index (κ3) is 2.18. The fraction of sp³-hybridized carbons (Fsp3) is 0.364. The molecule has 1 aromatic rings. The normalized spacial score (nSPS) is 9.69. The quantitative estimate of drug-likeness (QED) is 0.620. The van der Waals surface area contributed by atoms with E-state index in [9.17, 15) is 4.79 Å². The summed E-state index contributed by atoms with van der Waals surface area (Å²) in [7, 11) is 2.94. The number of rotatable bonds is 4. The van der Waals surface area contributed by atoms with Crippen LogP contribution in [0, 0.1) is 0 Å². The Kier molecular flexibility index (Phi) is 3.99. The highest BCUT2D eigenvalue weighted by molar-refractivity contribution is 5.99. The molecule has 0 aliphatic rings. The minimum Gasteiger partial charge on any atom is -0.496 e. The Bertz CT molecular complexity index is 390. The number of esters is 1. The Labute approximate surface area is 94.1 Å². The first-order chi connectivity index (χ1) is 7.65. The fourth-order valence-electron chi connectivity index (χ4n) is 1.34. The van der Waals surface area contributed by atoms with Crippen molar-refractivity contribution < 1.29 is 19.0 Å². The van der Waals surface area contributed by atoms with Crippen LogP contribution in [-0.2, 0) is 4.74 Å². The van der Waals surface area contributed by atoms with Crippen LogP contribution in [0.15, 0.2) is 12.1 Å². The molecule has 5 heteroatoms. The van der Waals surface area contributed by atoms with E-state index in [1.807, 2.05) is 0 Å². The van der Waals surface area contributed by atoms with Crippen LogP contribution in [0.3, 0.4) is 0 Å². The molecule has 5 nitrogen and oxygen atoms in total. The van der Waals surface area contributed by atoms with E-state index in [1.54, 1.807) is 19.1 Å². The van der Waals surface area contributed by atoms with Crippen molar-refractivity contribution in [2.24, 2.45) is 0 Å². The van der Waals surface area contributed by atoms with Gasteiger partial charge in [0.05, 0.1) is 26.5 Å². The first-order valence-corrected chi connectivity index (χ1v) is 4.83. The lowest BCUT2D eigenvalue weighted by Gasteiger charge is -2.13. The van der Waals surface area contributed by atoms with Gasteiger partial charge < -0.3 is 19.9 Å². The summed E-state index contributed by atoms with van der Waals surface area (Å²) in [4.78, 5) is 11.7. The number of methoxy groups -OCH3 is 2. The Morgan fingerprint density at radius 2 is 1.81 bits per heavy atom. The SMILES string of the molecule is CCOC(=O)c1c(OC)ccc(OC)c1N. The first-order valence-electron chi connectivity index (χ1n) is 4.83. The summed E-state index contributed by atoms with van der Waals surface area (Å²) in [6, 6.07) is 3.25. The maximum atomic E-state index is 11.7. The summed E-state index contributed by atoms with van der Waals surface area (Å²) in [5, 5.41) is 0. The van der Waals surface area contributed by atoms with Gasteiger partial charge in [-0.25, -0.2) is 4.79 Å². The second-order valence-electron chi connectivity index (χ2n) is 2.98. The van der Waals surface area contributed by atoms with Crippen molar-refractivity contribution in [2.75, 3.05) is 26.6 Å². The number of carbonyl (C=O) groups excluding carboxylic acids is 1. The zero-order valence-corrected chi connectivity index (χ0v) is 9.57. The minimum absolute atomic E-state index is 0.198. The third-order valence-corrected chi connectivity index (χ3v) is 2.09. The standard InChI is InChI=1S/C11H15NO4/c1-4-16-11(13)9-7(14-2)5-6-8(15-3)10(9)12/h5-6H,4,12H2,1-3H3. The molecule has 16 heavy (non-hydrogen) atoms. The molecular formula is C11H15NO4. The largest absolute Gasteiger partial charge is 0.496 e. The monoisotopic (exact) mass is 225 g/mol. The number of carbonyl (C=O) groups is 1. The molecule has 0 saturated heterocycles. The van der Waals surface area contributed by atoms with Gasteiger partial charge in [-0.2, -0.15) is 0 Å². The molecular weight excluding hydrogens is 210 g/mol. The zero-order chi connectivity index (χ0) is 12.1. The van der Waals surface area contributed by atoms with Crippen LogP contribution in [0.5, 0.6) is 11.5 Å². The molecule has 0 heterocycles. The zero-order valence-electron chi connectivity index (χ0n) is 9.57. The van der Waals surface area contributed by atoms with E-state index >= 15 is 0 Å². The van der Waals surface area contributed by atoms with Crippen LogP contribution in [0.25, 0.3) is 0 Å². The molecule has 0 aliphatic heterocycles. The van der Waals surface area contributed by atoms with E-state index in [0.717, 1.165) is 0 Å². The van der Waals surface area contributed by atoms with Gasteiger partial charge in [-0.1, -0.05) is 0 Å². The predicted molar refractivity (Wildman–Crippen MR) is 59.9 cm³/mol. The van der Waals surface area contributed by atoms with Crippen LogP contribution < -0.4 is 15.2 Å². The van der Waals surface area contributed by atoms with Gasteiger partial charge >= 0.3 is 5.97 Å². The van der Waals surface area contributed by atoms with Crippen molar-refractivity contribution in [1.82, 2.24) is 0 Å². The molecule has 1 aromatic carbocycles. The maximum Gasteiger partial charge on any atom is 0.344 e. The molecule has 0 bridgehead atoms. The van der Waals surface area contributed by atoms with Gasteiger partial charge in [-0.15, -0.1) is 0 Å². The molecule has 0 spiro atoms. The highest BCUT2D eigenvalue weighted by Crippen LogP contribution is 2.33. The molecule has 0 saturated carbocycles. The van der Waals surface area contributed by atoms with E-state index in [-0.39, 0.29) is 17.9 Å². The van der Waals surface area contributed by atoms with Crippen molar-refractivity contribution in [2.45, 2.75) is 6.92 Å². The summed E-state index contributed by atoms with van der Waals surface area (Å²) in [6.07, 6.45) is 0. The fourth-order valence-corrected chi connectivity index (χ4v) is 1.34. The summed E-state index contributed by atoms with van der Waals surface area (Å²) >= 11 is 0. The lowest BCUT2D eigenvalue weighted by molar-refractivity contribution is 0.0523. The summed E-state index contributed by atoms with van der Waals surface area (Å²) in [6.45, 7) is 2.00. The van der Waals surface area contributed by atoms with E-state index in [1.165, 1.54) is 14.2 Å². The average molecular weight is 225 g/mol. The minimum atomic E-state index is -0.518. The van der Waals surface area contributed by atoms with Crippen LogP contribution in [0.1, 0.15) is 17.3 Å². The molecule has 0 fully saturated rings. The smallest absolute Gasteiger partial charge is 0.344 e. The lowest BCUT2D eigenvalue weighted by atomic mass is 10.1. The molecule has 0 radical (unpaired) electrons. The number of nitrogens with two attached hydrogens (primary N) is 1. The molecule has 0 aromatic heterocycles. The first kappa shape index (κ1) is 12.2. The number of hydrogen-bond acceptors (Lipinski definition) is 5. The third-order valence-electron chi connectivity index (χ3n) is 2.09. The van der Waals surface area contributed by atoms with Gasteiger partial charge in [-0.3, -0.25) is 0 Å². The maximum absolute atomic E-state index is 11.7. The van der Waals surface area contributed by atoms with Gasteiger partial charge in [-0.05, 0) is 19.1 Å². The number of ether oxygens (including phenoxy) is 3. The van der Waals surface area contributed by atoms with Gasteiger partial charge in [0, 0.05) is 0 Å². The second-order valence-corrected chi connectivity index (χ2v) is 2.98. The summed E-state index contributed by atoms with van der Waals surface area (Å²) in [5.74, 6) is 0.274. The Morgan fingerprint density at radius 3 is 2.31 bits per heavy atom. The topological polar surface area (TPSA) is 70.8 Å². The highest BCUT2D eigenvalue weighted by Gasteiger charge is 2.20. The van der Waals surface area contributed by atoms with Crippen molar-refractivity contribution in [1.29, 1.82) is 0 Å². The number of benzene rings is 1. The predicted octanol–water partition coefficient (Wildman–Crippen LogP) is 1.46. The van der Waals surface area contributed by atoms with E-state index < -0.39 is 5.97 Å². The summed E-state index contributed by atoms with van der Waals surface area (Å²) in [5.41, 5.74) is 6.22. The van der Waals surface area contributed by atoms with Crippen molar-refractivity contribution in [3.05, 3.63) is 17.7 Å². The van der Waals surface area contributed by atoms with E-state index in [2.05, 4.69) is 0 Å². The Hall–Kier alpha value is -1.91. The van der Waals surface area contributed by atoms with Crippen LogP contribution in [0.4, 0.5) is 5.69 Å². The molecule has 1 rings (SSSR count). The molecule has 2 N–H and O–H groups in total. The van der Waals surface area contributed by atoms with Gasteiger partial charge in [0.15, 0.2) is 0 Å². The van der Waals surface area contributed by atoms with Crippen LogP contribution in [0.2, 0.25) is 0 Å². The number of hydrogen-bond donors (Lipinski definition) is 1.